The molecule has 0 radical (unpaired) electrons. The summed E-state index contributed by atoms with van der Waals surface area (Å²) in [5.41, 5.74) is -0.364. The summed E-state index contributed by atoms with van der Waals surface area (Å²) in [4.78, 5) is 37.8. The Labute approximate surface area is 164 Å². The summed E-state index contributed by atoms with van der Waals surface area (Å²) in [6.45, 7) is 2.43. The molecule has 1 aliphatic rings. The summed E-state index contributed by atoms with van der Waals surface area (Å²) < 4.78 is 44.0. The lowest BCUT2D eigenvalue weighted by Gasteiger charge is -2.32. The molecule has 0 fully saturated rings. The van der Waals surface area contributed by atoms with E-state index in [1.807, 2.05) is 0 Å². The van der Waals surface area contributed by atoms with Crippen molar-refractivity contribution in [2.75, 3.05) is 16.8 Å². The molecule has 1 heterocycles. The smallest absolute Gasteiger partial charge is 0.416 e. The zero-order valence-corrected chi connectivity index (χ0v) is 15.5. The van der Waals surface area contributed by atoms with Crippen LogP contribution in [0.2, 0.25) is 0 Å². The molecule has 0 saturated carbocycles. The van der Waals surface area contributed by atoms with Crippen LogP contribution in [0.1, 0.15) is 29.8 Å². The van der Waals surface area contributed by atoms with E-state index in [0.29, 0.717) is 11.3 Å². The monoisotopic (exact) mass is 406 g/mol. The average molecular weight is 406 g/mol. The lowest BCUT2D eigenvalue weighted by atomic mass is 10.1. The van der Waals surface area contributed by atoms with E-state index < -0.39 is 36.2 Å². The summed E-state index contributed by atoms with van der Waals surface area (Å²) in [6, 6.07) is 8.72. The van der Waals surface area contributed by atoms with Gasteiger partial charge in [0.25, 0.3) is 5.91 Å². The van der Waals surface area contributed by atoms with Crippen LogP contribution < -0.4 is 15.0 Å². The highest BCUT2D eigenvalue weighted by Gasteiger charge is 2.34. The maximum absolute atomic E-state index is 12.8. The van der Waals surface area contributed by atoms with Crippen molar-refractivity contribution >= 4 is 29.0 Å². The van der Waals surface area contributed by atoms with Crippen molar-refractivity contribution in [3.8, 4) is 5.75 Å². The molecule has 2 aromatic carbocycles. The maximum Gasteiger partial charge on any atom is 0.416 e. The van der Waals surface area contributed by atoms with Gasteiger partial charge in [0, 0.05) is 11.3 Å². The molecule has 9 heteroatoms. The molecule has 2 aromatic rings. The third-order valence-corrected chi connectivity index (χ3v) is 4.35. The molecule has 6 nitrogen and oxygen atoms in total. The van der Waals surface area contributed by atoms with Crippen LogP contribution in [0.15, 0.2) is 42.5 Å². The number of alkyl halides is 3. The predicted octanol–water partition coefficient (Wildman–Crippen LogP) is 3.66. The molecule has 1 atom stereocenters. The Bertz CT molecular complexity index is 988. The first-order chi connectivity index (χ1) is 13.6. The number of benzene rings is 2. The summed E-state index contributed by atoms with van der Waals surface area (Å²) in [5.74, 6) is -1.09. The second-order valence-corrected chi connectivity index (χ2v) is 6.55. The van der Waals surface area contributed by atoms with Gasteiger partial charge in [-0.15, -0.1) is 0 Å². The molecule has 152 valence electrons. The Morgan fingerprint density at radius 3 is 2.55 bits per heavy atom. The minimum Gasteiger partial charge on any atom is -0.479 e. The molecule has 0 aliphatic carbocycles. The molecular weight excluding hydrogens is 389 g/mol. The molecule has 2 amide bonds. The summed E-state index contributed by atoms with van der Waals surface area (Å²) in [5, 5.41) is 2.36. The van der Waals surface area contributed by atoms with Crippen LogP contribution in [0.4, 0.5) is 24.5 Å². The van der Waals surface area contributed by atoms with Gasteiger partial charge in [-0.25, -0.2) is 0 Å². The fraction of sp³-hybridized carbons (Fsp3) is 0.250. The van der Waals surface area contributed by atoms with E-state index in [0.717, 1.165) is 17.0 Å². The highest BCUT2D eigenvalue weighted by atomic mass is 19.4. The number of nitrogens with one attached hydrogen (secondary N) is 1. The fourth-order valence-electron chi connectivity index (χ4n) is 2.91. The van der Waals surface area contributed by atoms with E-state index in [1.54, 1.807) is 6.07 Å². The number of hydrogen-bond acceptors (Lipinski definition) is 4. The van der Waals surface area contributed by atoms with Gasteiger partial charge in [-0.3, -0.25) is 19.3 Å². The average Bonchev–Trinajstić information content (AvgIpc) is 2.64. The number of ketones is 1. The van der Waals surface area contributed by atoms with Crippen molar-refractivity contribution in [3.63, 3.8) is 0 Å². The number of carbonyl (C=O) groups excluding carboxylic acids is 3. The van der Waals surface area contributed by atoms with Gasteiger partial charge in [-0.1, -0.05) is 6.07 Å². The third kappa shape index (κ3) is 4.39. The Kier molecular flexibility index (Phi) is 5.32. The van der Waals surface area contributed by atoms with Crippen molar-refractivity contribution in [2.24, 2.45) is 0 Å². The van der Waals surface area contributed by atoms with E-state index in [4.69, 9.17) is 4.74 Å². The van der Waals surface area contributed by atoms with Crippen LogP contribution in [0.3, 0.4) is 0 Å². The van der Waals surface area contributed by atoms with Crippen LogP contribution in [-0.2, 0) is 15.8 Å². The summed E-state index contributed by atoms with van der Waals surface area (Å²) >= 11 is 0. The Hall–Kier alpha value is -3.36. The van der Waals surface area contributed by atoms with Gasteiger partial charge in [0.15, 0.2) is 11.9 Å². The number of rotatable bonds is 4. The number of ether oxygens (including phenoxy) is 1. The molecular formula is C20H17F3N2O4. The SMILES string of the molecule is CC(=O)c1ccc2c(c1)N(CC(=O)Nc1cccc(C(F)(F)F)c1)C(=O)C(C)O2. The molecule has 0 saturated heterocycles. The van der Waals surface area contributed by atoms with Crippen LogP contribution in [-0.4, -0.2) is 30.2 Å². The van der Waals surface area contributed by atoms with Crippen molar-refractivity contribution in [1.29, 1.82) is 0 Å². The van der Waals surface area contributed by atoms with Crippen molar-refractivity contribution in [1.82, 2.24) is 0 Å². The number of anilines is 2. The quantitative estimate of drug-likeness (QED) is 0.787. The predicted molar refractivity (Wildman–Crippen MR) is 99.0 cm³/mol. The second kappa shape index (κ2) is 7.57. The molecule has 29 heavy (non-hydrogen) atoms. The Morgan fingerprint density at radius 2 is 1.90 bits per heavy atom. The number of nitrogens with zero attached hydrogens (tertiary/aromatic N) is 1. The number of amides is 2. The van der Waals surface area contributed by atoms with Crippen LogP contribution in [0.5, 0.6) is 5.75 Å². The third-order valence-electron chi connectivity index (χ3n) is 4.35. The van der Waals surface area contributed by atoms with Gasteiger partial charge >= 0.3 is 6.18 Å². The first-order valence-electron chi connectivity index (χ1n) is 8.66. The number of halogens is 3. The van der Waals surface area contributed by atoms with Gasteiger partial charge in [0.05, 0.1) is 11.3 Å². The summed E-state index contributed by atoms with van der Waals surface area (Å²) in [6.07, 6.45) is -5.40. The zero-order valence-electron chi connectivity index (χ0n) is 15.5. The normalized spacial score (nSPS) is 16.1. The van der Waals surface area contributed by atoms with Crippen molar-refractivity contribution in [2.45, 2.75) is 26.1 Å². The van der Waals surface area contributed by atoms with Crippen molar-refractivity contribution in [3.05, 3.63) is 53.6 Å². The van der Waals surface area contributed by atoms with Crippen LogP contribution >= 0.6 is 0 Å². The van der Waals surface area contributed by atoms with Gasteiger partial charge in [0.1, 0.15) is 12.3 Å². The van der Waals surface area contributed by atoms with E-state index in [2.05, 4.69) is 5.32 Å². The van der Waals surface area contributed by atoms with Gasteiger partial charge in [-0.2, -0.15) is 13.2 Å². The lowest BCUT2D eigenvalue weighted by molar-refractivity contribution is -0.137. The van der Waals surface area contributed by atoms with Crippen LogP contribution in [0.25, 0.3) is 0 Å². The van der Waals surface area contributed by atoms with Crippen molar-refractivity contribution < 1.29 is 32.3 Å². The number of fused-ring (bicyclic) bond motifs is 1. The first-order valence-corrected chi connectivity index (χ1v) is 8.66. The minimum atomic E-state index is -4.54. The fourth-order valence-corrected chi connectivity index (χ4v) is 2.91. The minimum absolute atomic E-state index is 0.0451. The molecule has 1 N–H and O–H groups in total. The highest BCUT2D eigenvalue weighted by molar-refractivity contribution is 6.07. The van der Waals surface area contributed by atoms with Gasteiger partial charge in [-0.05, 0) is 50.2 Å². The largest absolute Gasteiger partial charge is 0.479 e. The second-order valence-electron chi connectivity index (χ2n) is 6.55. The number of hydrogen-bond donors (Lipinski definition) is 1. The maximum atomic E-state index is 12.8. The molecule has 0 aromatic heterocycles. The zero-order chi connectivity index (χ0) is 21.3. The lowest BCUT2D eigenvalue weighted by Crippen LogP contribution is -2.47. The van der Waals surface area contributed by atoms with Gasteiger partial charge < -0.3 is 10.1 Å². The van der Waals surface area contributed by atoms with E-state index >= 15 is 0 Å². The number of Topliss-reactive ketones (excluding diaryl/α,β-unsaturated/α-hetero) is 1. The first kappa shape index (κ1) is 20.4. The Morgan fingerprint density at radius 1 is 1.17 bits per heavy atom. The highest BCUT2D eigenvalue weighted by Crippen LogP contribution is 2.35. The topological polar surface area (TPSA) is 75.7 Å². The van der Waals surface area contributed by atoms with E-state index in [-0.39, 0.29) is 17.2 Å². The molecule has 3 rings (SSSR count). The molecule has 0 bridgehead atoms. The van der Waals surface area contributed by atoms with E-state index in [9.17, 15) is 27.6 Å². The molecule has 1 aliphatic heterocycles. The standard InChI is InChI=1S/C20H17F3N2O4/c1-11(26)13-6-7-17-16(8-13)25(19(28)12(2)29-17)10-18(27)24-15-5-3-4-14(9-15)20(21,22)23/h3-9,12H,10H2,1-2H3,(H,24,27). The van der Waals surface area contributed by atoms with E-state index in [1.165, 1.54) is 38.1 Å². The Balaban J connectivity index is 1.84. The summed E-state index contributed by atoms with van der Waals surface area (Å²) in [7, 11) is 0. The number of carbonyl (C=O) groups is 3. The van der Waals surface area contributed by atoms with Gasteiger partial charge in [0.2, 0.25) is 5.91 Å². The molecule has 0 spiro atoms. The molecule has 1 unspecified atom stereocenters. The van der Waals surface area contributed by atoms with Crippen LogP contribution in [0, 0.1) is 0 Å².